The molecule has 3 rings (SSSR count). The average Bonchev–Trinajstić information content (AvgIpc) is 3.18. The fourth-order valence-corrected chi connectivity index (χ4v) is 7.35. The van der Waals surface area contributed by atoms with Crippen LogP contribution < -0.4 is 14.4 Å². The van der Waals surface area contributed by atoms with Gasteiger partial charge >= 0.3 is 11.9 Å². The number of sulfonamides is 1. The smallest absolute Gasteiger partial charge is 0.351 e. The zero-order valence-corrected chi connectivity index (χ0v) is 24.8. The van der Waals surface area contributed by atoms with Crippen molar-refractivity contribution in [3.63, 3.8) is 0 Å². The van der Waals surface area contributed by atoms with Gasteiger partial charge in [-0.3, -0.25) is 4.31 Å². The van der Waals surface area contributed by atoms with E-state index in [1.54, 1.807) is 45.9 Å². The number of anilines is 1. The minimum Gasteiger partial charge on any atom is -0.479 e. The van der Waals surface area contributed by atoms with E-state index in [4.69, 9.17) is 14.2 Å². The number of ether oxygens (including phenoxy) is 3. The summed E-state index contributed by atoms with van der Waals surface area (Å²) in [6, 6.07) is 7.05. The van der Waals surface area contributed by atoms with Crippen LogP contribution >= 0.6 is 27.3 Å². The number of nitrogens with zero attached hydrogens (tertiary/aromatic N) is 1. The molecule has 0 spiro atoms. The number of halogens is 1. The Labute approximate surface area is 230 Å². The summed E-state index contributed by atoms with van der Waals surface area (Å²) >= 11 is 4.65. The van der Waals surface area contributed by atoms with Crippen molar-refractivity contribution in [2.75, 3.05) is 36.9 Å². The lowest BCUT2D eigenvalue weighted by molar-refractivity contribution is -0.157. The Bertz CT molecular complexity index is 1230. The van der Waals surface area contributed by atoms with Gasteiger partial charge in [0.2, 0.25) is 10.0 Å². The van der Waals surface area contributed by atoms with E-state index in [9.17, 15) is 18.0 Å². The van der Waals surface area contributed by atoms with Gasteiger partial charge in [0.25, 0.3) is 0 Å². The SMILES string of the molecule is CCS(=O)(=O)N(c1cccc(-c2sc(C(=O)OC)c(OCC(=O)OC(C)(C)C)c2Br)c1)C1CCNCC1. The molecular weight excluding hydrogens is 584 g/mol. The molecular formula is C25H33BrN2O7S2. The highest BCUT2D eigenvalue weighted by molar-refractivity contribution is 9.10. The molecule has 12 heteroatoms. The molecule has 1 aromatic carbocycles. The van der Waals surface area contributed by atoms with E-state index >= 15 is 0 Å². The second kappa shape index (κ2) is 12.1. The zero-order chi connectivity index (χ0) is 27.4. The highest BCUT2D eigenvalue weighted by Crippen LogP contribution is 2.46. The average molecular weight is 618 g/mol. The van der Waals surface area contributed by atoms with Crippen LogP contribution in [0.3, 0.4) is 0 Å². The summed E-state index contributed by atoms with van der Waals surface area (Å²) in [5.74, 6) is -1.04. The summed E-state index contributed by atoms with van der Waals surface area (Å²) in [7, 11) is -2.26. The number of rotatable bonds is 9. The summed E-state index contributed by atoms with van der Waals surface area (Å²) in [6.45, 7) is 8.00. The Balaban J connectivity index is 2.01. The van der Waals surface area contributed by atoms with Gasteiger partial charge in [-0.1, -0.05) is 12.1 Å². The van der Waals surface area contributed by atoms with E-state index < -0.39 is 34.2 Å². The first-order chi connectivity index (χ1) is 17.4. The summed E-state index contributed by atoms with van der Waals surface area (Å²) in [5.41, 5.74) is 0.571. The van der Waals surface area contributed by atoms with Gasteiger partial charge in [0.1, 0.15) is 5.60 Å². The molecule has 0 amide bonds. The van der Waals surface area contributed by atoms with E-state index in [2.05, 4.69) is 21.2 Å². The maximum Gasteiger partial charge on any atom is 0.351 e. The fourth-order valence-electron chi connectivity index (χ4n) is 4.00. The molecule has 2 aromatic rings. The van der Waals surface area contributed by atoms with Crippen LogP contribution in [0, 0.1) is 0 Å². The standard InChI is InChI=1S/C25H33BrN2O7S2/c1-6-37(31,32)28(17-10-12-27-13-11-17)18-9-7-8-16(14-18)22-20(26)21(23(36-22)24(30)33-5)34-15-19(29)35-25(2,3)4/h7-9,14,17,27H,6,10-13,15H2,1-5H3. The largest absolute Gasteiger partial charge is 0.479 e. The molecule has 2 heterocycles. The van der Waals surface area contributed by atoms with Crippen LogP contribution in [-0.2, 0) is 24.3 Å². The van der Waals surface area contributed by atoms with Gasteiger partial charge in [-0.2, -0.15) is 0 Å². The molecule has 0 saturated carbocycles. The molecule has 1 aliphatic heterocycles. The van der Waals surface area contributed by atoms with Crippen LogP contribution in [0.5, 0.6) is 5.75 Å². The van der Waals surface area contributed by atoms with E-state index in [-0.39, 0.29) is 22.4 Å². The molecule has 0 radical (unpaired) electrons. The number of carbonyl (C=O) groups excluding carboxylic acids is 2. The molecule has 0 bridgehead atoms. The monoisotopic (exact) mass is 616 g/mol. The molecule has 0 unspecified atom stereocenters. The molecule has 1 aromatic heterocycles. The van der Waals surface area contributed by atoms with Crippen LogP contribution in [-0.4, -0.2) is 64.6 Å². The Morgan fingerprint density at radius 3 is 2.49 bits per heavy atom. The van der Waals surface area contributed by atoms with E-state index in [1.807, 2.05) is 6.07 Å². The molecule has 0 aliphatic carbocycles. The third-order valence-corrected chi connectivity index (χ3v) is 9.66. The highest BCUT2D eigenvalue weighted by atomic mass is 79.9. The van der Waals surface area contributed by atoms with Gasteiger partial charge in [-0.25, -0.2) is 18.0 Å². The Kier molecular flexibility index (Phi) is 9.65. The molecule has 1 N–H and O–H groups in total. The quantitative estimate of drug-likeness (QED) is 0.407. The van der Waals surface area contributed by atoms with Gasteiger partial charge < -0.3 is 19.5 Å². The molecule has 1 saturated heterocycles. The maximum atomic E-state index is 13.1. The molecule has 9 nitrogen and oxygen atoms in total. The van der Waals surface area contributed by atoms with E-state index in [0.29, 0.717) is 33.4 Å². The zero-order valence-electron chi connectivity index (χ0n) is 21.6. The summed E-state index contributed by atoms with van der Waals surface area (Å²) in [5, 5.41) is 3.28. The van der Waals surface area contributed by atoms with Crippen molar-refractivity contribution in [2.24, 2.45) is 0 Å². The van der Waals surface area contributed by atoms with E-state index in [0.717, 1.165) is 24.4 Å². The van der Waals surface area contributed by atoms with Crippen LogP contribution in [0.25, 0.3) is 10.4 Å². The number of hydrogen-bond acceptors (Lipinski definition) is 9. The van der Waals surface area contributed by atoms with Crippen molar-refractivity contribution in [1.29, 1.82) is 0 Å². The van der Waals surface area contributed by atoms with Crippen molar-refractivity contribution in [3.8, 4) is 16.2 Å². The number of piperidine rings is 1. The first-order valence-corrected chi connectivity index (χ1v) is 15.2. The van der Waals surface area contributed by atoms with Crippen LogP contribution in [0.4, 0.5) is 5.69 Å². The number of hydrogen-bond donors (Lipinski definition) is 1. The molecule has 1 aliphatic rings. The minimum absolute atomic E-state index is 0.0149. The third-order valence-electron chi connectivity index (χ3n) is 5.60. The lowest BCUT2D eigenvalue weighted by Crippen LogP contribution is -2.46. The molecule has 204 valence electrons. The second-order valence-electron chi connectivity index (χ2n) is 9.50. The van der Waals surface area contributed by atoms with Crippen LogP contribution in [0.2, 0.25) is 0 Å². The minimum atomic E-state index is -3.53. The van der Waals surface area contributed by atoms with Crippen molar-refractivity contribution in [1.82, 2.24) is 5.32 Å². The number of benzene rings is 1. The molecule has 1 fully saturated rings. The summed E-state index contributed by atoms with van der Waals surface area (Å²) in [4.78, 5) is 25.6. The number of esters is 2. The first kappa shape index (κ1) is 29.4. The lowest BCUT2D eigenvalue weighted by atomic mass is 10.1. The highest BCUT2D eigenvalue weighted by Gasteiger charge is 2.31. The maximum absolute atomic E-state index is 13.1. The Morgan fingerprint density at radius 2 is 1.89 bits per heavy atom. The Hall–Kier alpha value is -2.15. The van der Waals surface area contributed by atoms with Gasteiger partial charge in [-0.05, 0) is 87.3 Å². The van der Waals surface area contributed by atoms with Crippen molar-refractivity contribution in [3.05, 3.63) is 33.6 Å². The Morgan fingerprint density at radius 1 is 1.22 bits per heavy atom. The lowest BCUT2D eigenvalue weighted by Gasteiger charge is -2.35. The summed E-state index contributed by atoms with van der Waals surface area (Å²) in [6.07, 6.45) is 1.42. The predicted octanol–water partition coefficient (Wildman–Crippen LogP) is 4.59. The molecule has 0 atom stereocenters. The summed E-state index contributed by atoms with van der Waals surface area (Å²) < 4.78 is 44.2. The number of methoxy groups -OCH3 is 1. The van der Waals surface area contributed by atoms with Crippen LogP contribution in [0.15, 0.2) is 28.7 Å². The fraction of sp³-hybridized carbons (Fsp3) is 0.520. The van der Waals surface area contributed by atoms with Gasteiger partial charge in [0.15, 0.2) is 17.2 Å². The van der Waals surface area contributed by atoms with Crippen molar-refractivity contribution in [2.45, 2.75) is 52.2 Å². The topological polar surface area (TPSA) is 111 Å². The van der Waals surface area contributed by atoms with Crippen molar-refractivity contribution >= 4 is 54.9 Å². The van der Waals surface area contributed by atoms with E-state index in [1.165, 1.54) is 11.4 Å². The van der Waals surface area contributed by atoms with Gasteiger partial charge in [-0.15, -0.1) is 11.3 Å². The van der Waals surface area contributed by atoms with Crippen LogP contribution in [0.1, 0.15) is 50.2 Å². The van der Waals surface area contributed by atoms with Gasteiger partial charge in [0, 0.05) is 6.04 Å². The van der Waals surface area contributed by atoms with Crippen molar-refractivity contribution < 1.29 is 32.2 Å². The second-order valence-corrected chi connectivity index (χ2v) is 13.4. The normalized spacial score (nSPS) is 14.8. The first-order valence-electron chi connectivity index (χ1n) is 12.0. The van der Waals surface area contributed by atoms with Gasteiger partial charge in [0.05, 0.1) is 27.9 Å². The third kappa shape index (κ3) is 7.24. The number of nitrogens with one attached hydrogen (secondary N) is 1. The number of thiophene rings is 1. The predicted molar refractivity (Wildman–Crippen MR) is 148 cm³/mol. The molecule has 37 heavy (non-hydrogen) atoms. The number of carbonyl (C=O) groups is 2.